The topological polar surface area (TPSA) is 48.0 Å². The average molecular weight is 347 g/mol. The van der Waals surface area contributed by atoms with Gasteiger partial charge in [0.15, 0.2) is 4.47 Å². The molecule has 0 aromatic carbocycles. The molecule has 3 rings (SSSR count). The van der Waals surface area contributed by atoms with Gasteiger partial charge in [0.2, 0.25) is 0 Å². The van der Waals surface area contributed by atoms with Gasteiger partial charge in [0.25, 0.3) is 0 Å². The summed E-state index contributed by atoms with van der Waals surface area (Å²) in [5.74, 6) is 0. The van der Waals surface area contributed by atoms with Gasteiger partial charge in [-0.2, -0.15) is 0 Å². The molecule has 1 N–H and O–H groups in total. The normalized spacial score (nSPS) is 26.0. The van der Waals surface area contributed by atoms with Crippen molar-refractivity contribution in [3.8, 4) is 0 Å². The number of rotatable bonds is 2. The Hall–Kier alpha value is 0.190. The number of fused-ring (bicyclic) bond motifs is 1. The van der Waals surface area contributed by atoms with E-state index in [-0.39, 0.29) is 16.2 Å². The molecule has 0 radical (unpaired) electrons. The number of nitrogens with one attached hydrogen (secondary N) is 1. The Bertz CT molecular complexity index is 520. The van der Waals surface area contributed by atoms with Crippen molar-refractivity contribution in [2.75, 3.05) is 0 Å². The number of nitrogens with zero attached hydrogens (tertiary/aromatic N) is 1. The zero-order chi connectivity index (χ0) is 15.3. The summed E-state index contributed by atoms with van der Waals surface area (Å²) in [7, 11) is 0. The van der Waals surface area contributed by atoms with E-state index >= 15 is 0 Å². The van der Waals surface area contributed by atoms with E-state index in [0.29, 0.717) is 4.47 Å². The molecule has 2 aliphatic carbocycles. The van der Waals surface area contributed by atoms with Crippen molar-refractivity contribution in [1.29, 1.82) is 0 Å². The second kappa shape index (κ2) is 5.68. The molecule has 1 fully saturated rings. The maximum absolute atomic E-state index is 12.6. The molecule has 0 amide bonds. The van der Waals surface area contributed by atoms with Crippen molar-refractivity contribution in [2.45, 2.75) is 70.1 Å². The summed E-state index contributed by atoms with van der Waals surface area (Å²) in [6.45, 7) is 6.02. The van der Waals surface area contributed by atoms with Crippen molar-refractivity contribution < 1.29 is 4.55 Å². The van der Waals surface area contributed by atoms with Crippen LogP contribution in [0.5, 0.6) is 0 Å². The molecule has 1 heterocycles. The summed E-state index contributed by atoms with van der Waals surface area (Å²) < 4.78 is 16.4. The molecule has 1 aromatic heterocycles. The minimum Gasteiger partial charge on any atom is -0.598 e. The maximum Gasteiger partial charge on any atom is 0.184 e. The highest BCUT2D eigenvalue weighted by Crippen LogP contribution is 2.55. The fraction of sp³-hybridized carbons (Fsp3) is 0.800. The molecule has 1 saturated carbocycles. The Balaban J connectivity index is 1.90. The van der Waals surface area contributed by atoms with E-state index in [0.717, 1.165) is 12.1 Å². The lowest BCUT2D eigenvalue weighted by Crippen LogP contribution is -2.46. The quantitative estimate of drug-likeness (QED) is 0.807. The lowest BCUT2D eigenvalue weighted by molar-refractivity contribution is 0.151. The van der Waals surface area contributed by atoms with Gasteiger partial charge in [0.1, 0.15) is 10.8 Å². The van der Waals surface area contributed by atoms with Crippen LogP contribution in [0.2, 0.25) is 4.47 Å². The van der Waals surface area contributed by atoms with Gasteiger partial charge >= 0.3 is 0 Å². The van der Waals surface area contributed by atoms with Crippen LogP contribution < -0.4 is 4.72 Å². The van der Waals surface area contributed by atoms with Crippen LogP contribution in [-0.2, 0) is 17.8 Å². The Kier molecular flexibility index (Phi) is 4.34. The Morgan fingerprint density at radius 2 is 2.00 bits per heavy atom. The van der Waals surface area contributed by atoms with Crippen LogP contribution in [0.25, 0.3) is 0 Å². The number of aromatic nitrogens is 1. The molecule has 118 valence electrons. The van der Waals surface area contributed by atoms with Gasteiger partial charge in [-0.05, 0) is 40.0 Å². The summed E-state index contributed by atoms with van der Waals surface area (Å²) in [6.07, 6.45) is 7.30. The van der Waals surface area contributed by atoms with Crippen LogP contribution >= 0.6 is 22.9 Å². The predicted molar refractivity (Wildman–Crippen MR) is 90.1 cm³/mol. The second-order valence-electron chi connectivity index (χ2n) is 7.31. The van der Waals surface area contributed by atoms with Crippen LogP contribution in [0.15, 0.2) is 0 Å². The fourth-order valence-electron chi connectivity index (χ4n) is 3.58. The standard InChI is InChI=1S/C15H23ClN2OS2/c1-14(2,3)21(19)18-12-11-10(20-13(16)17-11)9-15(12)7-5-4-6-8-15/h12,18H,4-9H2,1-3H3/t12?,21-/m1/s1. The molecule has 2 aliphatic rings. The van der Waals surface area contributed by atoms with Crippen molar-refractivity contribution in [2.24, 2.45) is 5.41 Å². The minimum absolute atomic E-state index is 0.0941. The number of halogens is 1. The Labute approximate surface area is 139 Å². The summed E-state index contributed by atoms with van der Waals surface area (Å²) in [6, 6.07) is 0.0941. The van der Waals surface area contributed by atoms with Gasteiger partial charge in [0, 0.05) is 21.7 Å². The first-order valence-electron chi connectivity index (χ1n) is 7.65. The second-order valence-corrected chi connectivity index (χ2v) is 11.0. The first-order valence-corrected chi connectivity index (χ1v) is 9.99. The van der Waals surface area contributed by atoms with Crippen molar-refractivity contribution >= 4 is 34.3 Å². The molecule has 6 heteroatoms. The third-order valence-corrected chi connectivity index (χ3v) is 7.47. The molecule has 1 unspecified atom stereocenters. The summed E-state index contributed by atoms with van der Waals surface area (Å²) in [5, 5.41) is 0. The van der Waals surface area contributed by atoms with E-state index < -0.39 is 11.4 Å². The number of hydrogen-bond donors (Lipinski definition) is 1. The maximum atomic E-state index is 12.6. The molecule has 2 atom stereocenters. The zero-order valence-electron chi connectivity index (χ0n) is 12.9. The smallest absolute Gasteiger partial charge is 0.184 e. The van der Waals surface area contributed by atoms with E-state index in [2.05, 4.69) is 9.71 Å². The van der Waals surface area contributed by atoms with Crippen molar-refractivity contribution in [3.63, 3.8) is 0 Å². The molecule has 0 bridgehead atoms. The first kappa shape index (κ1) is 16.1. The Morgan fingerprint density at radius 3 is 2.62 bits per heavy atom. The van der Waals surface area contributed by atoms with E-state index in [9.17, 15) is 4.55 Å². The van der Waals surface area contributed by atoms with Gasteiger partial charge in [-0.3, -0.25) is 0 Å². The third kappa shape index (κ3) is 3.00. The summed E-state index contributed by atoms with van der Waals surface area (Å²) in [5.41, 5.74) is 1.27. The Morgan fingerprint density at radius 1 is 1.33 bits per heavy atom. The molecular formula is C15H23ClN2OS2. The lowest BCUT2D eigenvalue weighted by Gasteiger charge is -2.40. The van der Waals surface area contributed by atoms with Gasteiger partial charge in [-0.25, -0.2) is 4.98 Å². The molecule has 3 nitrogen and oxygen atoms in total. The molecule has 0 aliphatic heterocycles. The van der Waals surface area contributed by atoms with E-state index in [4.69, 9.17) is 11.6 Å². The van der Waals surface area contributed by atoms with Crippen molar-refractivity contribution in [3.05, 3.63) is 15.0 Å². The van der Waals surface area contributed by atoms with Gasteiger partial charge in [-0.15, -0.1) is 16.1 Å². The van der Waals surface area contributed by atoms with Crippen LogP contribution in [0, 0.1) is 5.41 Å². The molecule has 1 aromatic rings. The highest BCUT2D eigenvalue weighted by atomic mass is 35.5. The molecule has 21 heavy (non-hydrogen) atoms. The highest BCUT2D eigenvalue weighted by Gasteiger charge is 2.51. The minimum atomic E-state index is -1.08. The van der Waals surface area contributed by atoms with Crippen LogP contribution in [0.3, 0.4) is 0 Å². The monoisotopic (exact) mass is 346 g/mol. The number of hydrogen-bond acceptors (Lipinski definition) is 4. The molecule has 1 spiro atoms. The largest absolute Gasteiger partial charge is 0.598 e. The van der Waals surface area contributed by atoms with Gasteiger partial charge in [0.05, 0.1) is 5.69 Å². The fourth-order valence-corrected chi connectivity index (χ4v) is 5.86. The predicted octanol–water partition coefficient (Wildman–Crippen LogP) is 4.40. The highest BCUT2D eigenvalue weighted by molar-refractivity contribution is 7.90. The van der Waals surface area contributed by atoms with E-state index in [1.54, 1.807) is 11.3 Å². The lowest BCUT2D eigenvalue weighted by atomic mass is 9.70. The molecule has 0 saturated heterocycles. The van der Waals surface area contributed by atoms with Gasteiger partial charge in [-0.1, -0.05) is 30.9 Å². The van der Waals surface area contributed by atoms with E-state index in [1.807, 2.05) is 20.8 Å². The van der Waals surface area contributed by atoms with Crippen molar-refractivity contribution in [1.82, 2.24) is 9.71 Å². The third-order valence-electron chi connectivity index (χ3n) is 4.73. The SMILES string of the molecule is CC(C)(C)[S@@+]([O-])NC1c2nc(Cl)sc2CC12CCCCC2. The summed E-state index contributed by atoms with van der Waals surface area (Å²) in [4.78, 5) is 5.84. The zero-order valence-corrected chi connectivity index (χ0v) is 15.3. The van der Waals surface area contributed by atoms with Gasteiger partial charge < -0.3 is 4.55 Å². The summed E-state index contributed by atoms with van der Waals surface area (Å²) >= 11 is 6.62. The van der Waals surface area contributed by atoms with E-state index in [1.165, 1.54) is 37.0 Å². The number of thiazole rings is 1. The van der Waals surface area contributed by atoms with Crippen LogP contribution in [0.1, 0.15) is 69.5 Å². The van der Waals surface area contributed by atoms with Crippen LogP contribution in [0.4, 0.5) is 0 Å². The molecular weight excluding hydrogens is 324 g/mol. The average Bonchev–Trinajstić information content (AvgIpc) is 2.86. The first-order chi connectivity index (χ1) is 9.82. The van der Waals surface area contributed by atoms with Crippen LogP contribution in [-0.4, -0.2) is 14.3 Å².